The molecule has 3 N–H and O–H groups in total. The fourth-order valence-corrected chi connectivity index (χ4v) is 1.27. The number of carbonyl (C=O) groups is 1. The minimum absolute atomic E-state index is 0.0722. The highest BCUT2D eigenvalue weighted by molar-refractivity contribution is 5.76. The van der Waals surface area contributed by atoms with E-state index < -0.39 is 0 Å². The van der Waals surface area contributed by atoms with E-state index in [4.69, 9.17) is 10.5 Å². The van der Waals surface area contributed by atoms with Gasteiger partial charge in [-0.1, -0.05) is 6.92 Å². The van der Waals surface area contributed by atoms with E-state index in [0.29, 0.717) is 26.1 Å². The summed E-state index contributed by atoms with van der Waals surface area (Å²) in [7, 11) is 0. The molecular formula is C11H22N2O2. The predicted molar refractivity (Wildman–Crippen MR) is 59.4 cm³/mol. The van der Waals surface area contributed by atoms with Crippen LogP contribution in [0.2, 0.25) is 0 Å². The Morgan fingerprint density at radius 1 is 1.60 bits per heavy atom. The number of carbonyl (C=O) groups excluding carboxylic acids is 1. The summed E-state index contributed by atoms with van der Waals surface area (Å²) in [5.74, 6) is 1.12. The molecule has 0 aromatic rings. The Morgan fingerprint density at radius 2 is 2.33 bits per heavy atom. The van der Waals surface area contributed by atoms with Crippen molar-refractivity contribution in [1.29, 1.82) is 0 Å². The van der Waals surface area contributed by atoms with Crippen molar-refractivity contribution in [1.82, 2.24) is 5.32 Å². The van der Waals surface area contributed by atoms with E-state index in [2.05, 4.69) is 5.32 Å². The minimum Gasteiger partial charge on any atom is -0.379 e. The summed E-state index contributed by atoms with van der Waals surface area (Å²) in [5.41, 5.74) is 5.43. The maximum atomic E-state index is 11.3. The maximum absolute atomic E-state index is 11.3. The highest BCUT2D eigenvalue weighted by atomic mass is 16.5. The second-order valence-corrected chi connectivity index (χ2v) is 4.41. The van der Waals surface area contributed by atoms with E-state index in [9.17, 15) is 4.79 Å². The van der Waals surface area contributed by atoms with Crippen molar-refractivity contribution in [2.75, 3.05) is 26.3 Å². The minimum atomic E-state index is 0.0722. The average molecular weight is 214 g/mol. The standard InChI is InChI=1S/C11H22N2O2/c1-9(7-12)6-11(14)13-4-5-15-8-10-2-3-10/h9-10H,2-8,12H2,1H3,(H,13,14). The maximum Gasteiger partial charge on any atom is 0.220 e. The number of hydrogen-bond acceptors (Lipinski definition) is 3. The van der Waals surface area contributed by atoms with Crippen molar-refractivity contribution < 1.29 is 9.53 Å². The molecule has 15 heavy (non-hydrogen) atoms. The highest BCUT2D eigenvalue weighted by Crippen LogP contribution is 2.28. The molecule has 1 unspecified atom stereocenters. The molecule has 0 radical (unpaired) electrons. The van der Waals surface area contributed by atoms with E-state index in [1.165, 1.54) is 12.8 Å². The van der Waals surface area contributed by atoms with Crippen LogP contribution >= 0.6 is 0 Å². The van der Waals surface area contributed by atoms with Gasteiger partial charge in [0.25, 0.3) is 0 Å². The van der Waals surface area contributed by atoms with Gasteiger partial charge in [0.1, 0.15) is 0 Å². The van der Waals surface area contributed by atoms with E-state index in [1.807, 2.05) is 6.92 Å². The molecule has 0 bridgehead atoms. The third-order valence-corrected chi connectivity index (χ3v) is 2.56. The zero-order valence-electron chi connectivity index (χ0n) is 9.50. The zero-order valence-corrected chi connectivity index (χ0v) is 9.50. The van der Waals surface area contributed by atoms with Gasteiger partial charge in [-0.15, -0.1) is 0 Å². The number of amides is 1. The van der Waals surface area contributed by atoms with Gasteiger partial charge in [0, 0.05) is 19.6 Å². The zero-order chi connectivity index (χ0) is 11.1. The summed E-state index contributed by atoms with van der Waals surface area (Å²) in [6.45, 7) is 4.63. The number of nitrogens with one attached hydrogen (secondary N) is 1. The van der Waals surface area contributed by atoms with Crippen molar-refractivity contribution in [3.8, 4) is 0 Å². The van der Waals surface area contributed by atoms with Crippen LogP contribution in [-0.4, -0.2) is 32.2 Å². The van der Waals surface area contributed by atoms with E-state index in [0.717, 1.165) is 12.5 Å². The molecule has 1 saturated carbocycles. The van der Waals surface area contributed by atoms with Crippen LogP contribution in [0.25, 0.3) is 0 Å². The molecule has 1 amide bonds. The molecule has 0 aromatic heterocycles. The van der Waals surface area contributed by atoms with Gasteiger partial charge in [-0.2, -0.15) is 0 Å². The predicted octanol–water partition coefficient (Wildman–Crippen LogP) is 0.514. The summed E-state index contributed by atoms with van der Waals surface area (Å²) >= 11 is 0. The van der Waals surface area contributed by atoms with Crippen LogP contribution in [-0.2, 0) is 9.53 Å². The summed E-state index contributed by atoms with van der Waals surface area (Å²) in [4.78, 5) is 11.3. The Kier molecular flexibility index (Phi) is 5.65. The lowest BCUT2D eigenvalue weighted by molar-refractivity contribution is -0.122. The van der Waals surface area contributed by atoms with Crippen molar-refractivity contribution in [3.63, 3.8) is 0 Å². The molecule has 88 valence electrons. The molecule has 0 spiro atoms. The van der Waals surface area contributed by atoms with E-state index in [-0.39, 0.29) is 11.8 Å². The first-order chi connectivity index (χ1) is 7.22. The Bertz CT molecular complexity index is 193. The molecular weight excluding hydrogens is 192 g/mol. The summed E-state index contributed by atoms with van der Waals surface area (Å²) in [6, 6.07) is 0. The molecule has 0 saturated heterocycles. The number of hydrogen-bond donors (Lipinski definition) is 2. The number of rotatable bonds is 8. The fourth-order valence-electron chi connectivity index (χ4n) is 1.27. The Labute approximate surface area is 91.5 Å². The molecule has 1 fully saturated rings. The Morgan fingerprint density at radius 3 is 2.93 bits per heavy atom. The van der Waals surface area contributed by atoms with Crippen molar-refractivity contribution >= 4 is 5.91 Å². The van der Waals surface area contributed by atoms with Gasteiger partial charge < -0.3 is 15.8 Å². The molecule has 4 nitrogen and oxygen atoms in total. The Hall–Kier alpha value is -0.610. The number of ether oxygens (including phenoxy) is 1. The van der Waals surface area contributed by atoms with Crippen LogP contribution in [0.1, 0.15) is 26.2 Å². The molecule has 0 heterocycles. The largest absolute Gasteiger partial charge is 0.379 e. The lowest BCUT2D eigenvalue weighted by Gasteiger charge is -2.09. The smallest absolute Gasteiger partial charge is 0.220 e. The topological polar surface area (TPSA) is 64.4 Å². The van der Waals surface area contributed by atoms with Gasteiger partial charge in [0.05, 0.1) is 6.61 Å². The first-order valence-electron chi connectivity index (χ1n) is 5.77. The van der Waals surface area contributed by atoms with E-state index >= 15 is 0 Å². The molecule has 1 aliphatic rings. The SMILES string of the molecule is CC(CN)CC(=O)NCCOCC1CC1. The van der Waals surface area contributed by atoms with Crippen LogP contribution in [0.3, 0.4) is 0 Å². The first-order valence-corrected chi connectivity index (χ1v) is 5.77. The van der Waals surface area contributed by atoms with Gasteiger partial charge in [0.2, 0.25) is 5.91 Å². The third kappa shape index (κ3) is 6.47. The van der Waals surface area contributed by atoms with Crippen molar-refractivity contribution in [2.24, 2.45) is 17.6 Å². The molecule has 0 aromatic carbocycles. The van der Waals surface area contributed by atoms with Gasteiger partial charge in [-0.3, -0.25) is 4.79 Å². The Balaban J connectivity index is 1.87. The van der Waals surface area contributed by atoms with Crippen LogP contribution in [0.5, 0.6) is 0 Å². The van der Waals surface area contributed by atoms with Gasteiger partial charge >= 0.3 is 0 Å². The van der Waals surface area contributed by atoms with Gasteiger partial charge in [-0.05, 0) is 31.2 Å². The van der Waals surface area contributed by atoms with Gasteiger partial charge in [0.15, 0.2) is 0 Å². The fraction of sp³-hybridized carbons (Fsp3) is 0.909. The number of nitrogens with two attached hydrogens (primary N) is 1. The quantitative estimate of drug-likeness (QED) is 0.579. The molecule has 0 aliphatic heterocycles. The van der Waals surface area contributed by atoms with Gasteiger partial charge in [-0.25, -0.2) is 0 Å². The third-order valence-electron chi connectivity index (χ3n) is 2.56. The van der Waals surface area contributed by atoms with Crippen LogP contribution in [0.15, 0.2) is 0 Å². The van der Waals surface area contributed by atoms with Crippen molar-refractivity contribution in [2.45, 2.75) is 26.2 Å². The van der Waals surface area contributed by atoms with Crippen LogP contribution < -0.4 is 11.1 Å². The summed E-state index contributed by atoms with van der Waals surface area (Å²) in [6.07, 6.45) is 3.12. The molecule has 4 heteroatoms. The monoisotopic (exact) mass is 214 g/mol. The lowest BCUT2D eigenvalue weighted by Crippen LogP contribution is -2.30. The second kappa shape index (κ2) is 6.80. The molecule has 1 aliphatic carbocycles. The van der Waals surface area contributed by atoms with Crippen LogP contribution in [0.4, 0.5) is 0 Å². The average Bonchev–Trinajstić information content (AvgIpc) is 3.01. The molecule has 1 atom stereocenters. The van der Waals surface area contributed by atoms with E-state index in [1.54, 1.807) is 0 Å². The summed E-state index contributed by atoms with van der Waals surface area (Å²) in [5, 5.41) is 2.82. The van der Waals surface area contributed by atoms with Crippen LogP contribution in [0, 0.1) is 11.8 Å². The second-order valence-electron chi connectivity index (χ2n) is 4.41. The highest BCUT2D eigenvalue weighted by Gasteiger charge is 2.20. The van der Waals surface area contributed by atoms with Crippen molar-refractivity contribution in [3.05, 3.63) is 0 Å². The normalized spacial score (nSPS) is 17.5. The first kappa shape index (κ1) is 12.5. The molecule has 1 rings (SSSR count). The lowest BCUT2D eigenvalue weighted by atomic mass is 10.1. The summed E-state index contributed by atoms with van der Waals surface area (Å²) < 4.78 is 5.40.